The summed E-state index contributed by atoms with van der Waals surface area (Å²) in [5.74, 6) is 0.229. The molecular formula is C15H16N2O4. The number of aliphatic hydroxyl groups is 1. The van der Waals surface area contributed by atoms with Gasteiger partial charge in [-0.3, -0.25) is 9.59 Å². The van der Waals surface area contributed by atoms with Gasteiger partial charge in [0.2, 0.25) is 5.91 Å². The van der Waals surface area contributed by atoms with Crippen LogP contribution in [0.25, 0.3) is 6.08 Å². The van der Waals surface area contributed by atoms with Crippen LogP contribution in [0, 0.1) is 0 Å². The third kappa shape index (κ3) is 4.77. The van der Waals surface area contributed by atoms with Crippen molar-refractivity contribution in [3.63, 3.8) is 0 Å². The standard InChI is InChI=1S/C15H16N2O4/c18-12(11-17-8-2-1-5-15(17)20)10-16-14(19)7-6-13-4-3-9-21-13/h1-9,12,18H,10-11H2,(H,16,19)/b7-6+. The van der Waals surface area contributed by atoms with E-state index in [1.807, 2.05) is 0 Å². The average molecular weight is 288 g/mol. The zero-order chi connectivity index (χ0) is 15.1. The van der Waals surface area contributed by atoms with Gasteiger partial charge in [0.1, 0.15) is 5.76 Å². The van der Waals surface area contributed by atoms with Crippen LogP contribution in [-0.2, 0) is 11.3 Å². The lowest BCUT2D eigenvalue weighted by molar-refractivity contribution is -0.116. The highest BCUT2D eigenvalue weighted by atomic mass is 16.3. The lowest BCUT2D eigenvalue weighted by Gasteiger charge is -2.12. The summed E-state index contributed by atoms with van der Waals surface area (Å²) in [6, 6.07) is 8.20. The van der Waals surface area contributed by atoms with Crippen LogP contribution in [0.4, 0.5) is 0 Å². The summed E-state index contributed by atoms with van der Waals surface area (Å²) in [5, 5.41) is 12.4. The molecule has 2 aromatic rings. The van der Waals surface area contributed by atoms with Crippen LogP contribution >= 0.6 is 0 Å². The van der Waals surface area contributed by atoms with Crippen LogP contribution in [-0.4, -0.2) is 28.2 Å². The van der Waals surface area contributed by atoms with Crippen LogP contribution in [0.3, 0.4) is 0 Å². The summed E-state index contributed by atoms with van der Waals surface area (Å²) < 4.78 is 6.43. The molecule has 0 spiro atoms. The Morgan fingerprint density at radius 1 is 1.38 bits per heavy atom. The van der Waals surface area contributed by atoms with Gasteiger partial charge in [-0.2, -0.15) is 0 Å². The number of nitrogens with zero attached hydrogens (tertiary/aromatic N) is 1. The Morgan fingerprint density at radius 3 is 2.95 bits per heavy atom. The Labute approximate surface area is 121 Å². The maximum atomic E-state index is 11.5. The molecule has 0 saturated carbocycles. The Morgan fingerprint density at radius 2 is 2.24 bits per heavy atom. The second-order valence-corrected chi connectivity index (χ2v) is 4.44. The smallest absolute Gasteiger partial charge is 0.250 e. The number of hydrogen-bond donors (Lipinski definition) is 2. The monoisotopic (exact) mass is 288 g/mol. The molecule has 1 unspecified atom stereocenters. The van der Waals surface area contributed by atoms with Gasteiger partial charge in [-0.05, 0) is 24.3 Å². The van der Waals surface area contributed by atoms with Crippen molar-refractivity contribution in [2.24, 2.45) is 0 Å². The van der Waals surface area contributed by atoms with Gasteiger partial charge in [0.25, 0.3) is 5.56 Å². The number of carbonyl (C=O) groups excluding carboxylic acids is 1. The summed E-state index contributed by atoms with van der Waals surface area (Å²) in [4.78, 5) is 23.0. The number of aromatic nitrogens is 1. The molecule has 1 amide bonds. The molecular weight excluding hydrogens is 272 g/mol. The maximum Gasteiger partial charge on any atom is 0.250 e. The zero-order valence-electron chi connectivity index (χ0n) is 11.3. The Kier molecular flexibility index (Phi) is 5.11. The fourth-order valence-corrected chi connectivity index (χ4v) is 1.72. The number of carbonyl (C=O) groups is 1. The molecule has 6 nitrogen and oxygen atoms in total. The summed E-state index contributed by atoms with van der Waals surface area (Å²) in [7, 11) is 0. The van der Waals surface area contributed by atoms with Crippen molar-refractivity contribution in [3.05, 3.63) is 65.0 Å². The van der Waals surface area contributed by atoms with Gasteiger partial charge in [0.15, 0.2) is 0 Å². The molecule has 0 saturated heterocycles. The lowest BCUT2D eigenvalue weighted by atomic mass is 10.3. The summed E-state index contributed by atoms with van der Waals surface area (Å²) >= 11 is 0. The molecule has 1 atom stereocenters. The summed E-state index contributed by atoms with van der Waals surface area (Å²) in [6.45, 7) is 0.185. The highest BCUT2D eigenvalue weighted by Crippen LogP contribution is 2.01. The molecule has 0 aliphatic heterocycles. The van der Waals surface area contributed by atoms with Gasteiger partial charge in [-0.15, -0.1) is 0 Å². The molecule has 2 heterocycles. The Hall–Kier alpha value is -2.60. The quantitative estimate of drug-likeness (QED) is 0.764. The van der Waals surface area contributed by atoms with E-state index in [1.165, 1.54) is 29.0 Å². The van der Waals surface area contributed by atoms with E-state index in [9.17, 15) is 14.7 Å². The van der Waals surface area contributed by atoms with Gasteiger partial charge in [0, 0.05) is 24.9 Å². The first kappa shape index (κ1) is 14.8. The fourth-order valence-electron chi connectivity index (χ4n) is 1.72. The molecule has 2 N–H and O–H groups in total. The number of aliphatic hydroxyl groups excluding tert-OH is 1. The molecule has 0 aliphatic carbocycles. The van der Waals surface area contributed by atoms with Crippen molar-refractivity contribution < 1.29 is 14.3 Å². The van der Waals surface area contributed by atoms with Crippen molar-refractivity contribution in [3.8, 4) is 0 Å². The Balaban J connectivity index is 1.78. The van der Waals surface area contributed by atoms with Crippen molar-refractivity contribution in [1.29, 1.82) is 0 Å². The van der Waals surface area contributed by atoms with E-state index in [0.29, 0.717) is 5.76 Å². The molecule has 21 heavy (non-hydrogen) atoms. The van der Waals surface area contributed by atoms with E-state index in [4.69, 9.17) is 4.42 Å². The SMILES string of the molecule is O=C(/C=C/c1ccco1)NCC(O)Cn1ccccc1=O. The van der Waals surface area contributed by atoms with Gasteiger partial charge in [-0.25, -0.2) is 0 Å². The molecule has 0 aliphatic rings. The average Bonchev–Trinajstić information content (AvgIpc) is 2.99. The first-order chi connectivity index (χ1) is 10.1. The van der Waals surface area contributed by atoms with Gasteiger partial charge < -0.3 is 19.4 Å². The summed E-state index contributed by atoms with van der Waals surface area (Å²) in [5.41, 5.74) is -0.194. The Bertz CT molecular complexity index is 658. The van der Waals surface area contributed by atoms with E-state index in [0.717, 1.165) is 0 Å². The minimum atomic E-state index is -0.842. The van der Waals surface area contributed by atoms with Crippen LogP contribution in [0.2, 0.25) is 0 Å². The third-order valence-corrected chi connectivity index (χ3v) is 2.76. The van der Waals surface area contributed by atoms with Crippen molar-refractivity contribution >= 4 is 12.0 Å². The molecule has 110 valence electrons. The number of pyridine rings is 1. The number of nitrogens with one attached hydrogen (secondary N) is 1. The molecule has 0 fully saturated rings. The van der Waals surface area contributed by atoms with E-state index in [2.05, 4.69) is 5.32 Å². The first-order valence-corrected chi connectivity index (χ1v) is 6.48. The molecule has 2 rings (SSSR count). The van der Waals surface area contributed by atoms with E-state index in [1.54, 1.807) is 30.5 Å². The number of rotatable bonds is 6. The fraction of sp³-hybridized carbons (Fsp3) is 0.200. The van der Waals surface area contributed by atoms with Crippen LogP contribution in [0.5, 0.6) is 0 Å². The van der Waals surface area contributed by atoms with Crippen LogP contribution in [0.15, 0.2) is 58.1 Å². The number of hydrogen-bond acceptors (Lipinski definition) is 4. The molecule has 0 aromatic carbocycles. The normalized spacial score (nSPS) is 12.4. The predicted molar refractivity (Wildman–Crippen MR) is 77.5 cm³/mol. The lowest BCUT2D eigenvalue weighted by Crippen LogP contribution is -2.35. The van der Waals surface area contributed by atoms with Gasteiger partial charge >= 0.3 is 0 Å². The maximum absolute atomic E-state index is 11.5. The van der Waals surface area contributed by atoms with Crippen LogP contribution < -0.4 is 10.9 Å². The van der Waals surface area contributed by atoms with E-state index in [-0.39, 0.29) is 24.6 Å². The summed E-state index contributed by atoms with van der Waals surface area (Å²) in [6.07, 6.45) is 5.11. The van der Waals surface area contributed by atoms with Crippen molar-refractivity contribution in [2.45, 2.75) is 12.6 Å². The number of amides is 1. The predicted octanol–water partition coefficient (Wildman–Crippen LogP) is 0.632. The largest absolute Gasteiger partial charge is 0.465 e. The van der Waals surface area contributed by atoms with Gasteiger partial charge in [0.05, 0.1) is 18.9 Å². The minimum absolute atomic E-state index is 0.0582. The first-order valence-electron chi connectivity index (χ1n) is 6.48. The topological polar surface area (TPSA) is 84.5 Å². The highest BCUT2D eigenvalue weighted by Gasteiger charge is 2.07. The van der Waals surface area contributed by atoms with Crippen molar-refractivity contribution in [1.82, 2.24) is 9.88 Å². The molecule has 0 radical (unpaired) electrons. The highest BCUT2D eigenvalue weighted by molar-refractivity contribution is 5.91. The second-order valence-electron chi connectivity index (χ2n) is 4.44. The molecule has 6 heteroatoms. The van der Waals surface area contributed by atoms with Crippen molar-refractivity contribution in [2.75, 3.05) is 6.54 Å². The second kappa shape index (κ2) is 7.25. The van der Waals surface area contributed by atoms with Gasteiger partial charge in [-0.1, -0.05) is 6.07 Å². The number of furan rings is 1. The third-order valence-electron chi connectivity index (χ3n) is 2.76. The minimum Gasteiger partial charge on any atom is -0.465 e. The van der Waals surface area contributed by atoms with E-state index >= 15 is 0 Å². The zero-order valence-corrected chi connectivity index (χ0v) is 11.3. The van der Waals surface area contributed by atoms with Crippen LogP contribution in [0.1, 0.15) is 5.76 Å². The molecule has 2 aromatic heterocycles. The molecule has 0 bridgehead atoms. The van der Waals surface area contributed by atoms with E-state index < -0.39 is 6.10 Å².